The van der Waals surface area contributed by atoms with Crippen molar-refractivity contribution >= 4 is 21.8 Å². The Hall–Kier alpha value is -0.700. The average Bonchev–Trinajstić information content (AvgIpc) is 2.05. The number of halogens is 2. The highest BCUT2D eigenvalue weighted by Gasteiger charge is 1.98. The first kappa shape index (κ1) is 8.40. The zero-order chi connectivity index (χ0) is 8.27. The highest BCUT2D eigenvalue weighted by Crippen LogP contribution is 2.15. The molecule has 0 aliphatic rings. The Labute approximate surface area is 73.1 Å². The fourth-order valence-corrected chi connectivity index (χ4v) is 0.900. The lowest BCUT2D eigenvalue weighted by atomic mass is 10.3. The molecular formula is C8H7BrFN. The third-order valence-corrected chi connectivity index (χ3v) is 1.69. The quantitative estimate of drug-likeness (QED) is 0.702. The summed E-state index contributed by atoms with van der Waals surface area (Å²) < 4.78 is 13.6. The summed E-state index contributed by atoms with van der Waals surface area (Å²) in [4.78, 5) is 3.86. The highest BCUT2D eigenvalue weighted by atomic mass is 79.9. The molecule has 1 aromatic rings. The molecule has 1 nitrogen and oxygen atoms in total. The summed E-state index contributed by atoms with van der Waals surface area (Å²) in [5.41, 5.74) is 0.371. The molecule has 0 amide bonds. The summed E-state index contributed by atoms with van der Waals surface area (Å²) in [6.45, 7) is 1.64. The van der Waals surface area contributed by atoms with E-state index in [0.717, 1.165) is 4.47 Å². The van der Waals surface area contributed by atoms with Crippen LogP contribution in [0, 0.1) is 0 Å². The molecule has 0 aliphatic carbocycles. The van der Waals surface area contributed by atoms with Crippen LogP contribution in [-0.2, 0) is 0 Å². The predicted molar refractivity (Wildman–Crippen MR) is 46.7 cm³/mol. The van der Waals surface area contributed by atoms with E-state index in [2.05, 4.69) is 20.9 Å². The summed E-state index contributed by atoms with van der Waals surface area (Å²) >= 11 is 3.21. The predicted octanol–water partition coefficient (Wildman–Crippen LogP) is 3.17. The van der Waals surface area contributed by atoms with E-state index in [4.69, 9.17) is 0 Å². The van der Waals surface area contributed by atoms with Gasteiger partial charge in [-0.2, -0.15) is 0 Å². The molecule has 0 fully saturated rings. The van der Waals surface area contributed by atoms with Gasteiger partial charge in [0.05, 0.1) is 5.69 Å². The van der Waals surface area contributed by atoms with Gasteiger partial charge >= 0.3 is 0 Å². The first-order valence-electron chi connectivity index (χ1n) is 3.18. The monoisotopic (exact) mass is 215 g/mol. The van der Waals surface area contributed by atoms with Gasteiger partial charge in [-0.1, -0.05) is 0 Å². The van der Waals surface area contributed by atoms with Crippen molar-refractivity contribution in [1.82, 2.24) is 4.98 Å². The van der Waals surface area contributed by atoms with Crippen LogP contribution in [0.15, 0.2) is 28.9 Å². The molecule has 0 N–H and O–H groups in total. The Morgan fingerprint density at radius 3 is 2.82 bits per heavy atom. The maximum Gasteiger partial charge on any atom is 0.144 e. The van der Waals surface area contributed by atoms with E-state index < -0.39 is 0 Å². The first-order valence-corrected chi connectivity index (χ1v) is 3.97. The fraction of sp³-hybridized carbons (Fsp3) is 0.125. The first-order chi connectivity index (χ1) is 5.24. The molecule has 3 heteroatoms. The maximum absolute atomic E-state index is 12.8. The van der Waals surface area contributed by atoms with Crippen LogP contribution in [0.3, 0.4) is 0 Å². The molecule has 1 aromatic heterocycles. The molecular weight excluding hydrogens is 209 g/mol. The van der Waals surface area contributed by atoms with Gasteiger partial charge in [0, 0.05) is 10.7 Å². The van der Waals surface area contributed by atoms with Crippen LogP contribution in [0.1, 0.15) is 12.6 Å². The molecule has 0 aliphatic heterocycles. The molecule has 0 atom stereocenters. The van der Waals surface area contributed by atoms with Crippen LogP contribution in [0.2, 0.25) is 0 Å². The summed E-state index contributed by atoms with van der Waals surface area (Å²) in [6, 6.07) is 3.38. The topological polar surface area (TPSA) is 12.9 Å². The Bertz CT molecular complexity index is 266. The summed E-state index contributed by atoms with van der Waals surface area (Å²) in [7, 11) is 0. The Kier molecular flexibility index (Phi) is 2.76. The number of aromatic nitrogens is 1. The van der Waals surface area contributed by atoms with Gasteiger partial charge in [0.2, 0.25) is 0 Å². The normalized spacial score (nSPS) is 11.7. The zero-order valence-electron chi connectivity index (χ0n) is 6.01. The maximum atomic E-state index is 12.8. The summed E-state index contributed by atoms with van der Waals surface area (Å²) in [5.74, 6) is -0.294. The lowest BCUT2D eigenvalue weighted by Crippen LogP contribution is -1.82. The molecule has 0 aromatic carbocycles. The standard InChI is InChI=1S/C8H7BrFN/c1-2-7(10)8-4-3-6(9)5-11-8/h2-5H,1H3/b7-2-. The number of nitrogens with zero attached hydrogens (tertiary/aromatic N) is 1. The van der Waals surface area contributed by atoms with Crippen molar-refractivity contribution in [1.29, 1.82) is 0 Å². The van der Waals surface area contributed by atoms with Crippen molar-refractivity contribution in [3.63, 3.8) is 0 Å². The Morgan fingerprint density at radius 2 is 2.36 bits per heavy atom. The molecule has 1 rings (SSSR count). The molecule has 58 valence electrons. The van der Waals surface area contributed by atoms with Crippen molar-refractivity contribution in [2.45, 2.75) is 6.92 Å². The molecule has 0 bridgehead atoms. The zero-order valence-corrected chi connectivity index (χ0v) is 7.60. The van der Waals surface area contributed by atoms with Crippen LogP contribution in [0.5, 0.6) is 0 Å². The molecule has 0 saturated carbocycles. The van der Waals surface area contributed by atoms with Crippen molar-refractivity contribution in [3.8, 4) is 0 Å². The SMILES string of the molecule is C/C=C(\F)c1ccc(Br)cn1. The van der Waals surface area contributed by atoms with Crippen molar-refractivity contribution in [2.24, 2.45) is 0 Å². The second kappa shape index (κ2) is 3.62. The van der Waals surface area contributed by atoms with Gasteiger partial charge in [-0.3, -0.25) is 4.98 Å². The van der Waals surface area contributed by atoms with E-state index in [9.17, 15) is 4.39 Å². The van der Waals surface area contributed by atoms with E-state index in [0.29, 0.717) is 5.69 Å². The van der Waals surface area contributed by atoms with Gasteiger partial charge < -0.3 is 0 Å². The van der Waals surface area contributed by atoms with Gasteiger partial charge in [0.25, 0.3) is 0 Å². The van der Waals surface area contributed by atoms with Crippen molar-refractivity contribution in [3.05, 3.63) is 34.6 Å². The summed E-state index contributed by atoms with van der Waals surface area (Å²) in [5, 5.41) is 0. The summed E-state index contributed by atoms with van der Waals surface area (Å²) in [6.07, 6.45) is 2.95. The third-order valence-electron chi connectivity index (χ3n) is 1.23. The van der Waals surface area contributed by atoms with Crippen molar-refractivity contribution in [2.75, 3.05) is 0 Å². The molecule has 0 radical (unpaired) electrons. The average molecular weight is 216 g/mol. The van der Waals surface area contributed by atoms with Gasteiger partial charge in [-0.15, -0.1) is 0 Å². The van der Waals surface area contributed by atoms with Gasteiger partial charge in [0.1, 0.15) is 5.83 Å². The Balaban J connectivity index is 2.99. The van der Waals surface area contributed by atoms with E-state index in [1.54, 1.807) is 25.3 Å². The molecule has 11 heavy (non-hydrogen) atoms. The number of hydrogen-bond acceptors (Lipinski definition) is 1. The van der Waals surface area contributed by atoms with E-state index in [1.807, 2.05) is 0 Å². The van der Waals surface area contributed by atoms with Crippen LogP contribution in [-0.4, -0.2) is 4.98 Å². The van der Waals surface area contributed by atoms with Crippen LogP contribution in [0.4, 0.5) is 4.39 Å². The van der Waals surface area contributed by atoms with E-state index >= 15 is 0 Å². The lowest BCUT2D eigenvalue weighted by Gasteiger charge is -1.94. The fourth-order valence-electron chi connectivity index (χ4n) is 0.665. The largest absolute Gasteiger partial charge is 0.253 e. The van der Waals surface area contributed by atoms with Crippen molar-refractivity contribution < 1.29 is 4.39 Å². The number of rotatable bonds is 1. The molecule has 0 spiro atoms. The van der Waals surface area contributed by atoms with Crippen LogP contribution >= 0.6 is 15.9 Å². The van der Waals surface area contributed by atoms with Gasteiger partial charge in [-0.25, -0.2) is 4.39 Å². The lowest BCUT2D eigenvalue weighted by molar-refractivity contribution is 0.750. The highest BCUT2D eigenvalue weighted by molar-refractivity contribution is 9.10. The van der Waals surface area contributed by atoms with E-state index in [1.165, 1.54) is 6.08 Å². The number of allylic oxidation sites excluding steroid dienone is 1. The molecule has 0 saturated heterocycles. The van der Waals surface area contributed by atoms with Gasteiger partial charge in [0.15, 0.2) is 0 Å². The molecule has 0 unspecified atom stereocenters. The smallest absolute Gasteiger partial charge is 0.144 e. The second-order valence-electron chi connectivity index (χ2n) is 2.00. The van der Waals surface area contributed by atoms with Crippen LogP contribution < -0.4 is 0 Å². The number of pyridine rings is 1. The minimum absolute atomic E-state index is 0.294. The minimum Gasteiger partial charge on any atom is -0.253 e. The molecule has 1 heterocycles. The Morgan fingerprint density at radius 1 is 1.64 bits per heavy atom. The third kappa shape index (κ3) is 2.12. The van der Waals surface area contributed by atoms with E-state index in [-0.39, 0.29) is 5.83 Å². The van der Waals surface area contributed by atoms with Gasteiger partial charge in [-0.05, 0) is 41.1 Å². The second-order valence-corrected chi connectivity index (χ2v) is 2.91. The van der Waals surface area contributed by atoms with Crippen LogP contribution in [0.25, 0.3) is 5.83 Å². The minimum atomic E-state index is -0.294. The number of hydrogen-bond donors (Lipinski definition) is 0.